The van der Waals surface area contributed by atoms with E-state index in [2.05, 4.69) is 111 Å². The Morgan fingerprint density at radius 3 is 1.40 bits per heavy atom. The van der Waals surface area contributed by atoms with Crippen molar-refractivity contribution in [3.8, 4) is 0 Å². The van der Waals surface area contributed by atoms with Crippen molar-refractivity contribution >= 4 is 11.9 Å². The first-order valence-corrected chi connectivity index (χ1v) is 31.5. The summed E-state index contributed by atoms with van der Waals surface area (Å²) in [6.07, 6.45) is 61.6. The van der Waals surface area contributed by atoms with E-state index in [0.717, 1.165) is 122 Å². The van der Waals surface area contributed by atoms with Crippen LogP contribution in [-0.2, 0) is 23.8 Å². The quantitative estimate of drug-likeness (QED) is 0.0195. The van der Waals surface area contributed by atoms with Gasteiger partial charge in [0.25, 0.3) is 0 Å². The topological polar surface area (TPSA) is 175 Å². The van der Waals surface area contributed by atoms with Gasteiger partial charge in [-0.1, -0.05) is 240 Å². The fourth-order valence-corrected chi connectivity index (χ4v) is 9.24. The van der Waals surface area contributed by atoms with Crippen molar-refractivity contribution in [2.45, 2.75) is 301 Å². The molecule has 78 heavy (non-hydrogen) atoms. The number of aliphatic hydroxyl groups is 5. The Kier molecular flexibility index (Phi) is 50.4. The average Bonchev–Trinajstić information content (AvgIpc) is 3.44. The van der Waals surface area contributed by atoms with Crippen molar-refractivity contribution in [2.75, 3.05) is 13.2 Å². The standard InChI is InChI=1S/C67H115NO10/c1-4-7-10-13-16-19-22-24-26-27-28-29-30-31-32-33-34-35-36-39-42-45-48-51-54-60(71)66(75)68-58(59(70)53-50-47-44-41-38-21-18-15-12-9-6-3)57-76-67-65(64(74)63(73)61(56-69)77-67)78-62(72)55-52-49-46-43-40-37-25-23-20-17-14-11-8-5-2/h7,10,16,19,24,26,28-29,31-32,34-35,37,40,50,53,58-61,63-65,67,69-71,73-74H,4-6,8-9,11-15,17-18,20-23,25,27,30,33,36,38-39,41-49,51-52,54-57H2,1-3H3,(H,68,75)/b10-7-,19-16-,26-24-,29-28-,32-31-,35-34-,40-37-,53-50+. The lowest BCUT2D eigenvalue weighted by atomic mass is 9.99. The maximum Gasteiger partial charge on any atom is 0.306 e. The molecule has 1 rings (SSSR count). The van der Waals surface area contributed by atoms with E-state index >= 15 is 0 Å². The van der Waals surface area contributed by atoms with Crippen molar-refractivity contribution in [1.82, 2.24) is 5.32 Å². The summed E-state index contributed by atoms with van der Waals surface area (Å²) < 4.78 is 17.6. The number of rotatable bonds is 52. The smallest absolute Gasteiger partial charge is 0.306 e. The fourth-order valence-electron chi connectivity index (χ4n) is 9.24. The molecule has 1 fully saturated rings. The minimum absolute atomic E-state index is 0.0978. The van der Waals surface area contributed by atoms with Gasteiger partial charge in [0.1, 0.15) is 24.4 Å². The average molecular weight is 1090 g/mol. The second-order valence-corrected chi connectivity index (χ2v) is 21.4. The summed E-state index contributed by atoms with van der Waals surface area (Å²) in [4.78, 5) is 26.5. The summed E-state index contributed by atoms with van der Waals surface area (Å²) in [7, 11) is 0. The Morgan fingerprint density at radius 1 is 0.513 bits per heavy atom. The van der Waals surface area contributed by atoms with Crippen LogP contribution in [0.4, 0.5) is 0 Å². The molecule has 0 spiro atoms. The monoisotopic (exact) mass is 1090 g/mol. The third-order valence-corrected chi connectivity index (χ3v) is 14.2. The Morgan fingerprint density at radius 2 is 0.923 bits per heavy atom. The van der Waals surface area contributed by atoms with Gasteiger partial charge in [-0.25, -0.2) is 0 Å². The van der Waals surface area contributed by atoms with Crippen LogP contribution in [0.2, 0.25) is 0 Å². The predicted octanol–water partition coefficient (Wildman–Crippen LogP) is 15.1. The maximum atomic E-state index is 13.4. The van der Waals surface area contributed by atoms with Gasteiger partial charge in [-0.2, -0.15) is 0 Å². The molecular weight excluding hydrogens is 979 g/mol. The molecule has 8 atom stereocenters. The minimum atomic E-state index is -1.63. The highest BCUT2D eigenvalue weighted by atomic mass is 16.7. The summed E-state index contributed by atoms with van der Waals surface area (Å²) >= 11 is 0. The first-order chi connectivity index (χ1) is 38.2. The van der Waals surface area contributed by atoms with Gasteiger partial charge in [-0.15, -0.1) is 0 Å². The van der Waals surface area contributed by atoms with Gasteiger partial charge in [-0.3, -0.25) is 9.59 Å². The molecule has 448 valence electrons. The molecule has 0 aromatic carbocycles. The number of ether oxygens (including phenoxy) is 3. The van der Waals surface area contributed by atoms with Crippen LogP contribution >= 0.6 is 0 Å². The Bertz CT molecular complexity index is 1630. The van der Waals surface area contributed by atoms with Crippen molar-refractivity contribution in [3.63, 3.8) is 0 Å². The number of amides is 1. The van der Waals surface area contributed by atoms with Gasteiger partial charge in [0.15, 0.2) is 12.4 Å². The predicted molar refractivity (Wildman–Crippen MR) is 324 cm³/mol. The molecule has 1 saturated heterocycles. The first kappa shape index (κ1) is 72.6. The van der Waals surface area contributed by atoms with Crippen LogP contribution in [0.1, 0.15) is 252 Å². The zero-order valence-electron chi connectivity index (χ0n) is 49.5. The molecule has 0 aromatic rings. The van der Waals surface area contributed by atoms with Crippen LogP contribution in [0.3, 0.4) is 0 Å². The molecule has 0 aromatic heterocycles. The molecule has 8 unspecified atom stereocenters. The zero-order valence-corrected chi connectivity index (χ0v) is 49.5. The van der Waals surface area contributed by atoms with Crippen LogP contribution in [0.25, 0.3) is 0 Å². The van der Waals surface area contributed by atoms with Gasteiger partial charge >= 0.3 is 5.97 Å². The van der Waals surface area contributed by atoms with Crippen molar-refractivity contribution in [2.24, 2.45) is 0 Å². The molecule has 0 radical (unpaired) electrons. The first-order valence-electron chi connectivity index (χ1n) is 31.5. The van der Waals surface area contributed by atoms with Crippen LogP contribution in [-0.4, -0.2) is 99.6 Å². The molecule has 11 nitrogen and oxygen atoms in total. The van der Waals surface area contributed by atoms with Gasteiger partial charge < -0.3 is 45.1 Å². The highest BCUT2D eigenvalue weighted by Gasteiger charge is 2.47. The molecule has 0 saturated carbocycles. The highest BCUT2D eigenvalue weighted by Crippen LogP contribution is 2.26. The van der Waals surface area contributed by atoms with Gasteiger partial charge in [-0.05, 0) is 103 Å². The highest BCUT2D eigenvalue weighted by molar-refractivity contribution is 5.80. The summed E-state index contributed by atoms with van der Waals surface area (Å²) in [5, 5.41) is 56.9. The van der Waals surface area contributed by atoms with E-state index in [1.165, 1.54) is 83.5 Å². The van der Waals surface area contributed by atoms with Crippen LogP contribution in [0.15, 0.2) is 97.2 Å². The van der Waals surface area contributed by atoms with Crippen LogP contribution in [0.5, 0.6) is 0 Å². The number of hydrogen-bond donors (Lipinski definition) is 6. The summed E-state index contributed by atoms with van der Waals surface area (Å²) in [6, 6.07) is -1.04. The van der Waals surface area contributed by atoms with Crippen LogP contribution in [0, 0.1) is 0 Å². The van der Waals surface area contributed by atoms with Gasteiger partial charge in [0.2, 0.25) is 5.91 Å². The normalized spacial score (nSPS) is 19.6. The third-order valence-electron chi connectivity index (χ3n) is 14.2. The molecule has 0 aliphatic carbocycles. The molecule has 1 aliphatic heterocycles. The van der Waals surface area contributed by atoms with E-state index in [1.807, 2.05) is 6.08 Å². The molecule has 11 heteroatoms. The third kappa shape index (κ3) is 41.6. The maximum absolute atomic E-state index is 13.4. The fraction of sp³-hybridized carbons (Fsp3) is 0.731. The lowest BCUT2D eigenvalue weighted by Crippen LogP contribution is -2.61. The number of unbranched alkanes of at least 4 members (excludes halogenated alkanes) is 24. The summed E-state index contributed by atoms with van der Waals surface area (Å²) in [5.74, 6) is -1.23. The number of nitrogens with one attached hydrogen (secondary N) is 1. The second kappa shape index (κ2) is 54.2. The molecular formula is C67H115NO10. The Balaban J connectivity index is 2.66. The van der Waals surface area contributed by atoms with Crippen molar-refractivity contribution < 1.29 is 49.3 Å². The van der Waals surface area contributed by atoms with Gasteiger partial charge in [0.05, 0.1) is 25.4 Å². The van der Waals surface area contributed by atoms with E-state index < -0.39 is 67.4 Å². The number of hydrogen-bond acceptors (Lipinski definition) is 10. The largest absolute Gasteiger partial charge is 0.454 e. The zero-order chi connectivity index (χ0) is 56.8. The van der Waals surface area contributed by atoms with E-state index in [4.69, 9.17) is 14.2 Å². The number of aliphatic hydroxyl groups excluding tert-OH is 5. The minimum Gasteiger partial charge on any atom is -0.454 e. The van der Waals surface area contributed by atoms with Crippen LogP contribution < -0.4 is 5.32 Å². The Labute approximate surface area is 475 Å². The van der Waals surface area contributed by atoms with Crippen molar-refractivity contribution in [1.29, 1.82) is 0 Å². The second-order valence-electron chi connectivity index (χ2n) is 21.4. The lowest BCUT2D eigenvalue weighted by molar-refractivity contribution is -0.305. The van der Waals surface area contributed by atoms with E-state index in [0.29, 0.717) is 12.8 Å². The molecule has 0 bridgehead atoms. The molecule has 1 aliphatic rings. The van der Waals surface area contributed by atoms with Crippen molar-refractivity contribution in [3.05, 3.63) is 97.2 Å². The number of carbonyl (C=O) groups excluding carboxylic acids is 2. The number of allylic oxidation sites excluding steroid dienone is 15. The number of carbonyl (C=O) groups is 2. The number of esters is 1. The molecule has 6 N–H and O–H groups in total. The molecule has 1 heterocycles. The van der Waals surface area contributed by atoms with Gasteiger partial charge in [0, 0.05) is 6.42 Å². The molecule has 1 amide bonds. The SMILES string of the molecule is CC/C=C\C/C=C\C/C=C\C/C=C\C/C=C\C/C=C\CCCCCCCC(O)C(=O)NC(COC1OC(CO)C(O)C(O)C1OC(=O)CCCCC/C=C\CCCCCCCCC)C(O)/C=C/CCCCCCCCCCC. The lowest BCUT2D eigenvalue weighted by Gasteiger charge is -2.41. The van der Waals surface area contributed by atoms with E-state index in [9.17, 15) is 35.1 Å². The Hall–Kier alpha value is -3.42. The van der Waals surface area contributed by atoms with E-state index in [-0.39, 0.29) is 19.4 Å². The summed E-state index contributed by atoms with van der Waals surface area (Å²) in [5.41, 5.74) is 0. The summed E-state index contributed by atoms with van der Waals surface area (Å²) in [6.45, 7) is 5.64. The van der Waals surface area contributed by atoms with E-state index in [1.54, 1.807) is 6.08 Å².